The molecule has 9 heteroatoms. The fourth-order valence-electron chi connectivity index (χ4n) is 2.09. The van der Waals surface area contributed by atoms with Gasteiger partial charge in [0.1, 0.15) is 11.2 Å². The monoisotopic (exact) mass is 378 g/mol. The van der Waals surface area contributed by atoms with Crippen LogP contribution in [0.15, 0.2) is 30.5 Å². The van der Waals surface area contributed by atoms with Crippen LogP contribution in [-0.2, 0) is 14.3 Å². The van der Waals surface area contributed by atoms with Crippen molar-refractivity contribution in [3.63, 3.8) is 0 Å². The number of nitrogens with zero attached hydrogens (tertiary/aromatic N) is 1. The molecule has 2 unspecified atom stereocenters. The third-order valence-corrected chi connectivity index (χ3v) is 3.42. The Morgan fingerprint density at radius 2 is 2.08 bits per heavy atom. The van der Waals surface area contributed by atoms with Crippen molar-refractivity contribution in [3.8, 4) is 0 Å². The zero-order valence-corrected chi connectivity index (χ0v) is 14.4. The molecule has 0 aliphatic rings. The first kappa shape index (κ1) is 21.0. The summed E-state index contributed by atoms with van der Waals surface area (Å²) in [7, 11) is 0. The van der Waals surface area contributed by atoms with E-state index in [0.29, 0.717) is 5.56 Å². The molecule has 0 aromatic carbocycles. The number of esters is 1. The number of carbonyl (C=O) groups excluding carboxylic acids is 2. The number of alkyl halides is 3. The highest BCUT2D eigenvalue weighted by Crippen LogP contribution is 2.30. The Kier molecular flexibility index (Phi) is 7.89. The number of amides is 1. The van der Waals surface area contributed by atoms with Crippen LogP contribution in [0.5, 0.6) is 0 Å². The number of halogens is 4. The zero-order valence-electron chi connectivity index (χ0n) is 13.6. The SMILES string of the molecule is CCOC(=O)/C=C/C(CC(NC(C)=O)C(F)(F)F)c1ccc(Cl)nc1. The van der Waals surface area contributed by atoms with Gasteiger partial charge in [-0.15, -0.1) is 0 Å². The maximum atomic E-state index is 13.2. The molecular formula is C16H18ClF3N2O3. The molecule has 0 aliphatic carbocycles. The molecule has 2 atom stereocenters. The van der Waals surface area contributed by atoms with Crippen molar-refractivity contribution in [1.29, 1.82) is 0 Å². The van der Waals surface area contributed by atoms with Crippen LogP contribution in [-0.4, -0.2) is 35.7 Å². The molecule has 1 amide bonds. The Bertz CT molecular complexity index is 618. The zero-order chi connectivity index (χ0) is 19.0. The van der Waals surface area contributed by atoms with Crippen molar-refractivity contribution in [2.45, 2.75) is 38.4 Å². The lowest BCUT2D eigenvalue weighted by Crippen LogP contribution is -2.45. The molecule has 0 spiro atoms. The molecule has 1 aromatic heterocycles. The third-order valence-electron chi connectivity index (χ3n) is 3.19. The molecule has 0 saturated carbocycles. The van der Waals surface area contributed by atoms with E-state index in [9.17, 15) is 22.8 Å². The molecule has 5 nitrogen and oxygen atoms in total. The second kappa shape index (κ2) is 9.41. The van der Waals surface area contributed by atoms with Crippen molar-refractivity contribution < 1.29 is 27.5 Å². The van der Waals surface area contributed by atoms with Gasteiger partial charge >= 0.3 is 12.1 Å². The highest BCUT2D eigenvalue weighted by atomic mass is 35.5. The largest absolute Gasteiger partial charge is 0.463 e. The summed E-state index contributed by atoms with van der Waals surface area (Å²) < 4.78 is 44.2. The number of pyridine rings is 1. The lowest BCUT2D eigenvalue weighted by atomic mass is 9.92. The van der Waals surface area contributed by atoms with Gasteiger partial charge in [-0.05, 0) is 25.0 Å². The summed E-state index contributed by atoms with van der Waals surface area (Å²) in [4.78, 5) is 26.4. The standard InChI is InChI=1S/C16H18ClF3N2O3/c1-3-25-15(24)7-5-11(12-4-6-14(17)21-9-12)8-13(16(18,19)20)22-10(2)23/h4-7,9,11,13H,3,8H2,1-2H3,(H,22,23)/b7-5+. The van der Waals surface area contributed by atoms with E-state index in [1.54, 1.807) is 6.92 Å². The minimum atomic E-state index is -4.64. The smallest absolute Gasteiger partial charge is 0.408 e. The number of aromatic nitrogens is 1. The highest BCUT2D eigenvalue weighted by molar-refractivity contribution is 6.29. The topological polar surface area (TPSA) is 68.3 Å². The first-order valence-corrected chi connectivity index (χ1v) is 7.81. The average molecular weight is 379 g/mol. The molecule has 0 bridgehead atoms. The van der Waals surface area contributed by atoms with Gasteiger partial charge in [0.05, 0.1) is 6.61 Å². The molecule has 25 heavy (non-hydrogen) atoms. The van der Waals surface area contributed by atoms with E-state index in [4.69, 9.17) is 16.3 Å². The summed E-state index contributed by atoms with van der Waals surface area (Å²) in [5.41, 5.74) is 0.421. The molecule has 1 rings (SSSR count). The Hall–Kier alpha value is -2.09. The van der Waals surface area contributed by atoms with E-state index in [2.05, 4.69) is 4.98 Å². The Morgan fingerprint density at radius 3 is 2.56 bits per heavy atom. The third kappa shape index (κ3) is 7.55. The van der Waals surface area contributed by atoms with Crippen LogP contribution in [0.4, 0.5) is 13.2 Å². The van der Waals surface area contributed by atoms with Crippen LogP contribution in [0.3, 0.4) is 0 Å². The van der Waals surface area contributed by atoms with Gasteiger partial charge in [0.15, 0.2) is 0 Å². The first-order valence-electron chi connectivity index (χ1n) is 7.43. The molecule has 0 radical (unpaired) electrons. The van der Waals surface area contributed by atoms with Gasteiger partial charge < -0.3 is 10.1 Å². The van der Waals surface area contributed by atoms with Crippen LogP contribution in [0.1, 0.15) is 31.7 Å². The quantitative estimate of drug-likeness (QED) is 0.448. The highest BCUT2D eigenvalue weighted by Gasteiger charge is 2.41. The van der Waals surface area contributed by atoms with E-state index in [0.717, 1.165) is 13.0 Å². The van der Waals surface area contributed by atoms with Gasteiger partial charge in [-0.3, -0.25) is 4.79 Å². The van der Waals surface area contributed by atoms with E-state index in [1.165, 1.54) is 24.4 Å². The summed E-state index contributed by atoms with van der Waals surface area (Å²) in [6.45, 7) is 2.77. The summed E-state index contributed by atoms with van der Waals surface area (Å²) in [5, 5.41) is 2.07. The van der Waals surface area contributed by atoms with Crippen LogP contribution < -0.4 is 5.32 Å². The molecule has 1 aromatic rings. The van der Waals surface area contributed by atoms with Gasteiger partial charge in [0.2, 0.25) is 5.91 Å². The maximum absolute atomic E-state index is 13.2. The van der Waals surface area contributed by atoms with Gasteiger partial charge in [-0.25, -0.2) is 9.78 Å². The van der Waals surface area contributed by atoms with E-state index in [-0.39, 0.29) is 11.8 Å². The molecule has 0 saturated heterocycles. The molecule has 0 aliphatic heterocycles. The Morgan fingerprint density at radius 1 is 1.40 bits per heavy atom. The van der Waals surface area contributed by atoms with Gasteiger partial charge in [0, 0.05) is 25.1 Å². The second-order valence-electron chi connectivity index (χ2n) is 5.16. The van der Waals surface area contributed by atoms with Crippen LogP contribution in [0.25, 0.3) is 0 Å². The normalized spacial score (nSPS) is 14.2. The Balaban J connectivity index is 3.09. The summed E-state index contributed by atoms with van der Waals surface area (Å²) in [6, 6.07) is 0.872. The van der Waals surface area contributed by atoms with Crippen molar-refractivity contribution >= 4 is 23.5 Å². The molecule has 1 N–H and O–H groups in total. The predicted molar refractivity (Wildman–Crippen MR) is 86.0 cm³/mol. The lowest BCUT2D eigenvalue weighted by Gasteiger charge is -2.24. The van der Waals surface area contributed by atoms with Gasteiger partial charge in [0.25, 0.3) is 0 Å². The van der Waals surface area contributed by atoms with E-state index < -0.39 is 36.4 Å². The second-order valence-corrected chi connectivity index (χ2v) is 5.55. The number of ether oxygens (including phenoxy) is 1. The fourth-order valence-corrected chi connectivity index (χ4v) is 2.20. The summed E-state index contributed by atoms with van der Waals surface area (Å²) >= 11 is 5.69. The molecule has 0 fully saturated rings. The van der Waals surface area contributed by atoms with Crippen molar-refractivity contribution in [2.24, 2.45) is 0 Å². The summed E-state index contributed by atoms with van der Waals surface area (Å²) in [6.07, 6.45) is -1.46. The van der Waals surface area contributed by atoms with Crippen molar-refractivity contribution in [1.82, 2.24) is 10.3 Å². The summed E-state index contributed by atoms with van der Waals surface area (Å²) in [5.74, 6) is -2.30. The van der Waals surface area contributed by atoms with E-state index in [1.807, 2.05) is 5.32 Å². The number of hydrogen-bond acceptors (Lipinski definition) is 4. The lowest BCUT2D eigenvalue weighted by molar-refractivity contribution is -0.162. The molecule has 1 heterocycles. The average Bonchev–Trinajstić information content (AvgIpc) is 2.50. The molecular weight excluding hydrogens is 361 g/mol. The van der Waals surface area contributed by atoms with Crippen LogP contribution in [0.2, 0.25) is 5.15 Å². The van der Waals surface area contributed by atoms with Gasteiger partial charge in [-0.1, -0.05) is 23.7 Å². The Labute approximate surface area is 148 Å². The number of carbonyl (C=O) groups is 2. The number of rotatable bonds is 7. The van der Waals surface area contributed by atoms with Crippen LogP contribution >= 0.6 is 11.6 Å². The fraction of sp³-hybridized carbons (Fsp3) is 0.438. The predicted octanol–water partition coefficient (Wildman–Crippen LogP) is 3.40. The van der Waals surface area contributed by atoms with Crippen LogP contribution in [0, 0.1) is 0 Å². The minimum absolute atomic E-state index is 0.146. The van der Waals surface area contributed by atoms with Crippen molar-refractivity contribution in [2.75, 3.05) is 6.61 Å². The maximum Gasteiger partial charge on any atom is 0.408 e. The number of hydrogen-bond donors (Lipinski definition) is 1. The van der Waals surface area contributed by atoms with Crippen molar-refractivity contribution in [3.05, 3.63) is 41.2 Å². The first-order chi connectivity index (χ1) is 11.6. The van der Waals surface area contributed by atoms with Gasteiger partial charge in [-0.2, -0.15) is 13.2 Å². The number of allylic oxidation sites excluding steroid dienone is 1. The molecule has 138 valence electrons. The minimum Gasteiger partial charge on any atom is -0.463 e. The van der Waals surface area contributed by atoms with E-state index >= 15 is 0 Å². The number of nitrogens with one attached hydrogen (secondary N) is 1.